The van der Waals surface area contributed by atoms with E-state index in [0.717, 1.165) is 48.3 Å². The molecule has 0 saturated carbocycles. The van der Waals surface area contributed by atoms with Crippen LogP contribution in [0, 0.1) is 0 Å². The lowest BCUT2D eigenvalue weighted by molar-refractivity contribution is -0.134. The highest BCUT2D eigenvalue weighted by Gasteiger charge is 2.25. The molecule has 0 amide bonds. The Kier molecular flexibility index (Phi) is 12.4. The first-order valence-electron chi connectivity index (χ1n) is 15.6. The molecule has 5 nitrogen and oxygen atoms in total. The summed E-state index contributed by atoms with van der Waals surface area (Å²) < 4.78 is 24.2. The number of ether oxygens (including phenoxy) is 4. The minimum absolute atomic E-state index is 0.170. The van der Waals surface area contributed by atoms with Crippen LogP contribution in [0.1, 0.15) is 107 Å². The summed E-state index contributed by atoms with van der Waals surface area (Å²) in [6, 6.07) is 21.8. The zero-order valence-electron chi connectivity index (χ0n) is 24.9. The quantitative estimate of drug-likeness (QED) is 0.0938. The summed E-state index contributed by atoms with van der Waals surface area (Å²) in [5, 5.41) is 0. The number of rotatable bonds is 17. The Balaban J connectivity index is 1.37. The van der Waals surface area contributed by atoms with E-state index in [1.165, 1.54) is 50.5 Å². The molecule has 5 heteroatoms. The Morgan fingerprint density at radius 2 is 1.54 bits per heavy atom. The van der Waals surface area contributed by atoms with Gasteiger partial charge >= 0.3 is 5.97 Å². The van der Waals surface area contributed by atoms with E-state index in [4.69, 9.17) is 18.9 Å². The van der Waals surface area contributed by atoms with Crippen LogP contribution >= 0.6 is 0 Å². The van der Waals surface area contributed by atoms with E-state index in [1.807, 2.05) is 67.6 Å². The van der Waals surface area contributed by atoms with E-state index in [1.54, 1.807) is 0 Å². The van der Waals surface area contributed by atoms with Gasteiger partial charge in [0.2, 0.25) is 0 Å². The molecule has 0 N–H and O–H groups in total. The summed E-state index contributed by atoms with van der Waals surface area (Å²) in [6.45, 7) is 5.25. The van der Waals surface area contributed by atoms with Gasteiger partial charge in [-0.2, -0.15) is 0 Å². The fourth-order valence-corrected chi connectivity index (χ4v) is 5.29. The van der Waals surface area contributed by atoms with Crippen molar-refractivity contribution in [1.82, 2.24) is 0 Å². The first-order valence-corrected chi connectivity index (χ1v) is 15.6. The van der Waals surface area contributed by atoms with Crippen LogP contribution in [0.2, 0.25) is 0 Å². The summed E-state index contributed by atoms with van der Waals surface area (Å²) in [4.78, 5) is 12.6. The second-order valence-electron chi connectivity index (χ2n) is 10.9. The minimum Gasteiger partial charge on any atom is -0.494 e. The molecule has 0 aliphatic carbocycles. The number of carbonyl (C=O) groups excluding carboxylic acids is 1. The molecule has 0 fully saturated rings. The molecule has 1 atom stereocenters. The second-order valence-corrected chi connectivity index (χ2v) is 10.9. The van der Waals surface area contributed by atoms with Crippen LogP contribution < -0.4 is 18.9 Å². The van der Waals surface area contributed by atoms with E-state index in [0.29, 0.717) is 31.1 Å². The van der Waals surface area contributed by atoms with E-state index in [9.17, 15) is 4.79 Å². The monoisotopic (exact) mass is 558 g/mol. The van der Waals surface area contributed by atoms with E-state index in [2.05, 4.69) is 13.0 Å². The first kappa shape index (κ1) is 30.5. The summed E-state index contributed by atoms with van der Waals surface area (Å²) in [6.07, 6.45) is 13.0. The van der Waals surface area contributed by atoms with Gasteiger partial charge in [0.1, 0.15) is 35.7 Å². The average molecular weight is 559 g/mol. The maximum Gasteiger partial charge on any atom is 0.311 e. The lowest BCUT2D eigenvalue weighted by atomic mass is 9.96. The number of carbonyl (C=O) groups is 1. The molecule has 3 aromatic rings. The van der Waals surface area contributed by atoms with Crippen LogP contribution in [0.15, 0.2) is 66.7 Å². The number of fused-ring (bicyclic) bond motifs is 1. The Hall–Kier alpha value is -3.47. The molecule has 0 spiro atoms. The highest BCUT2D eigenvalue weighted by Crippen LogP contribution is 2.41. The molecule has 1 unspecified atom stereocenters. The van der Waals surface area contributed by atoms with E-state index >= 15 is 0 Å². The molecule has 1 aliphatic rings. The molecule has 1 heterocycles. The maximum absolute atomic E-state index is 12.6. The summed E-state index contributed by atoms with van der Waals surface area (Å²) in [5.41, 5.74) is 3.20. The average Bonchev–Trinajstić information content (AvgIpc) is 2.99. The van der Waals surface area contributed by atoms with Crippen molar-refractivity contribution < 1.29 is 23.7 Å². The minimum atomic E-state index is -0.194. The molecular formula is C36H46O5. The van der Waals surface area contributed by atoms with Gasteiger partial charge < -0.3 is 18.9 Å². The van der Waals surface area contributed by atoms with Crippen LogP contribution in [0.5, 0.6) is 23.0 Å². The third-order valence-electron chi connectivity index (χ3n) is 7.58. The van der Waals surface area contributed by atoms with Gasteiger partial charge in [0, 0.05) is 24.1 Å². The molecule has 0 bridgehead atoms. The molecule has 0 radical (unpaired) electrons. The van der Waals surface area contributed by atoms with Crippen molar-refractivity contribution in [2.75, 3.05) is 6.61 Å². The highest BCUT2D eigenvalue weighted by molar-refractivity contribution is 5.72. The van der Waals surface area contributed by atoms with Crippen molar-refractivity contribution in [2.24, 2.45) is 0 Å². The zero-order chi connectivity index (χ0) is 28.7. The molecule has 0 saturated heterocycles. The lowest BCUT2D eigenvalue weighted by Gasteiger charge is -2.28. The van der Waals surface area contributed by atoms with Gasteiger partial charge in [0.25, 0.3) is 0 Å². The molecule has 0 aromatic heterocycles. The third kappa shape index (κ3) is 9.84. The van der Waals surface area contributed by atoms with Crippen molar-refractivity contribution in [3.63, 3.8) is 0 Å². The van der Waals surface area contributed by atoms with Crippen LogP contribution in [0.25, 0.3) is 0 Å². The van der Waals surface area contributed by atoms with Gasteiger partial charge in [0.05, 0.1) is 6.61 Å². The SMILES string of the molecule is CCCCCCCCCCCC(=O)Oc1ccc(C2CCc3ccc(OCC)cc3O2)c(OCc2ccccc2)c1. The first-order chi connectivity index (χ1) is 20.2. The van der Waals surface area contributed by atoms with Crippen molar-refractivity contribution in [2.45, 2.75) is 104 Å². The van der Waals surface area contributed by atoms with Crippen LogP contribution in [-0.2, 0) is 17.8 Å². The van der Waals surface area contributed by atoms with Gasteiger partial charge in [0.15, 0.2) is 0 Å². The predicted octanol–water partition coefficient (Wildman–Crippen LogP) is 9.56. The number of unbranched alkanes of at least 4 members (excludes halogenated alkanes) is 8. The maximum atomic E-state index is 12.6. The molecule has 220 valence electrons. The zero-order valence-corrected chi connectivity index (χ0v) is 24.9. The van der Waals surface area contributed by atoms with Crippen LogP contribution in [0.3, 0.4) is 0 Å². The van der Waals surface area contributed by atoms with Crippen molar-refractivity contribution in [3.05, 3.63) is 83.4 Å². The van der Waals surface area contributed by atoms with Gasteiger partial charge in [-0.05, 0) is 55.5 Å². The molecule has 3 aromatic carbocycles. The standard InChI is InChI=1S/C36H46O5/c1-3-5-6-7-8-9-10-11-15-18-36(37)40-31-22-23-32(35(26-31)39-27-28-16-13-12-14-17-28)33-24-20-29-19-21-30(38-4-2)25-34(29)41-33/h12-14,16-17,19,21-23,25-26,33H,3-11,15,18,20,24,27H2,1-2H3. The predicted molar refractivity (Wildman–Crippen MR) is 164 cm³/mol. The van der Waals surface area contributed by atoms with Gasteiger partial charge in [-0.3, -0.25) is 4.79 Å². The van der Waals surface area contributed by atoms with Crippen molar-refractivity contribution in [3.8, 4) is 23.0 Å². The Bertz CT molecular complexity index is 1210. The number of hydrogen-bond acceptors (Lipinski definition) is 5. The molecular weight excluding hydrogens is 512 g/mol. The molecule has 41 heavy (non-hydrogen) atoms. The summed E-state index contributed by atoms with van der Waals surface area (Å²) in [5.74, 6) is 2.64. The van der Waals surface area contributed by atoms with Crippen molar-refractivity contribution >= 4 is 5.97 Å². The van der Waals surface area contributed by atoms with Gasteiger partial charge in [-0.1, -0.05) is 94.7 Å². The Morgan fingerprint density at radius 1 is 0.805 bits per heavy atom. The fourth-order valence-electron chi connectivity index (χ4n) is 5.29. The number of hydrogen-bond donors (Lipinski definition) is 0. The van der Waals surface area contributed by atoms with E-state index in [-0.39, 0.29) is 12.1 Å². The van der Waals surface area contributed by atoms with E-state index < -0.39 is 0 Å². The normalized spacial score (nSPS) is 14.1. The van der Waals surface area contributed by atoms with Crippen LogP contribution in [-0.4, -0.2) is 12.6 Å². The topological polar surface area (TPSA) is 54.0 Å². The molecule has 4 rings (SSSR count). The number of benzene rings is 3. The number of aryl methyl sites for hydroxylation is 1. The Morgan fingerprint density at radius 3 is 2.29 bits per heavy atom. The summed E-state index contributed by atoms with van der Waals surface area (Å²) in [7, 11) is 0. The third-order valence-corrected chi connectivity index (χ3v) is 7.58. The van der Waals surface area contributed by atoms with Crippen molar-refractivity contribution in [1.29, 1.82) is 0 Å². The van der Waals surface area contributed by atoms with Crippen LogP contribution in [0.4, 0.5) is 0 Å². The van der Waals surface area contributed by atoms with Gasteiger partial charge in [-0.25, -0.2) is 0 Å². The largest absolute Gasteiger partial charge is 0.494 e. The van der Waals surface area contributed by atoms with Gasteiger partial charge in [-0.15, -0.1) is 0 Å². The molecule has 1 aliphatic heterocycles. The summed E-state index contributed by atoms with van der Waals surface area (Å²) >= 11 is 0. The lowest BCUT2D eigenvalue weighted by Crippen LogP contribution is -2.16. The second kappa shape index (κ2) is 16.7. The fraction of sp³-hybridized carbons (Fsp3) is 0.472. The highest BCUT2D eigenvalue weighted by atomic mass is 16.5. The Labute approximate surface area is 246 Å². The number of esters is 1. The smallest absolute Gasteiger partial charge is 0.311 e.